The van der Waals surface area contributed by atoms with Crippen molar-refractivity contribution in [1.82, 2.24) is 14.8 Å². The SMILES string of the molecule is Cn1ncc2c1-c1sc(N3CCC[C@H]3CO)nc1CCC2. The summed E-state index contributed by atoms with van der Waals surface area (Å²) in [5.41, 5.74) is 3.79. The molecule has 112 valence electrons. The van der Waals surface area contributed by atoms with Crippen LogP contribution >= 0.6 is 11.3 Å². The van der Waals surface area contributed by atoms with Gasteiger partial charge in [-0.25, -0.2) is 4.98 Å². The highest BCUT2D eigenvalue weighted by atomic mass is 32.1. The van der Waals surface area contributed by atoms with Gasteiger partial charge in [-0.2, -0.15) is 5.10 Å². The van der Waals surface area contributed by atoms with Gasteiger partial charge in [0, 0.05) is 13.6 Å². The van der Waals surface area contributed by atoms with Crippen LogP contribution in [0.1, 0.15) is 30.5 Å². The lowest BCUT2D eigenvalue weighted by Gasteiger charge is -2.21. The maximum Gasteiger partial charge on any atom is 0.186 e. The first-order valence-corrected chi connectivity index (χ1v) is 8.48. The first kappa shape index (κ1) is 13.3. The molecule has 0 saturated carbocycles. The van der Waals surface area contributed by atoms with Gasteiger partial charge in [0.25, 0.3) is 0 Å². The molecule has 2 aromatic rings. The lowest BCUT2D eigenvalue weighted by Crippen LogP contribution is -2.31. The Morgan fingerprint density at radius 3 is 3.14 bits per heavy atom. The van der Waals surface area contributed by atoms with E-state index in [1.165, 1.54) is 21.8 Å². The standard InChI is InChI=1S/C15H20N4OS/c1-18-13-10(8-16-18)4-2-6-12-14(13)21-15(17-12)19-7-3-5-11(19)9-20/h8,11,20H,2-7,9H2,1H3/t11-/m0/s1. The second-order valence-corrected chi connectivity index (χ2v) is 6.92. The molecule has 1 aliphatic heterocycles. The maximum atomic E-state index is 9.54. The quantitative estimate of drug-likeness (QED) is 0.922. The van der Waals surface area contributed by atoms with Gasteiger partial charge in [-0.15, -0.1) is 0 Å². The van der Waals surface area contributed by atoms with Crippen LogP contribution in [0, 0.1) is 0 Å². The summed E-state index contributed by atoms with van der Waals surface area (Å²) in [5.74, 6) is 0. The summed E-state index contributed by atoms with van der Waals surface area (Å²) in [6.45, 7) is 1.23. The monoisotopic (exact) mass is 304 g/mol. The Morgan fingerprint density at radius 1 is 1.38 bits per heavy atom. The zero-order chi connectivity index (χ0) is 14.4. The number of aromatic nitrogens is 3. The molecule has 6 heteroatoms. The molecule has 4 rings (SSSR count). The molecular formula is C15H20N4OS. The number of hydrogen-bond donors (Lipinski definition) is 1. The van der Waals surface area contributed by atoms with Crippen molar-refractivity contribution in [2.24, 2.45) is 7.05 Å². The third-order valence-corrected chi connectivity index (χ3v) is 5.75. The molecule has 0 unspecified atom stereocenters. The van der Waals surface area contributed by atoms with Crippen LogP contribution in [0.3, 0.4) is 0 Å². The number of fused-ring (bicyclic) bond motifs is 3. The Labute approximate surface area is 128 Å². The minimum atomic E-state index is 0.223. The number of hydrogen-bond acceptors (Lipinski definition) is 5. The van der Waals surface area contributed by atoms with Gasteiger partial charge in [0.2, 0.25) is 0 Å². The summed E-state index contributed by atoms with van der Waals surface area (Å²) >= 11 is 1.77. The number of rotatable bonds is 2. The smallest absolute Gasteiger partial charge is 0.186 e. The van der Waals surface area contributed by atoms with E-state index in [-0.39, 0.29) is 12.6 Å². The van der Waals surface area contributed by atoms with Crippen molar-refractivity contribution in [2.75, 3.05) is 18.1 Å². The largest absolute Gasteiger partial charge is 0.394 e. The Bertz CT molecular complexity index is 663. The van der Waals surface area contributed by atoms with Crippen molar-refractivity contribution in [2.45, 2.75) is 38.1 Å². The van der Waals surface area contributed by atoms with Crippen molar-refractivity contribution in [1.29, 1.82) is 0 Å². The minimum absolute atomic E-state index is 0.223. The lowest BCUT2D eigenvalue weighted by atomic mass is 10.1. The minimum Gasteiger partial charge on any atom is -0.394 e. The molecule has 1 aliphatic carbocycles. The van der Waals surface area contributed by atoms with Crippen LogP contribution < -0.4 is 4.90 Å². The predicted octanol–water partition coefficient (Wildman–Crippen LogP) is 1.99. The third kappa shape index (κ3) is 2.08. The first-order chi connectivity index (χ1) is 10.3. The van der Waals surface area contributed by atoms with Crippen LogP contribution in [-0.2, 0) is 19.9 Å². The molecule has 1 atom stereocenters. The van der Waals surface area contributed by atoms with E-state index in [4.69, 9.17) is 4.98 Å². The van der Waals surface area contributed by atoms with Crippen LogP contribution in [0.25, 0.3) is 10.6 Å². The van der Waals surface area contributed by atoms with Crippen LogP contribution in [0.2, 0.25) is 0 Å². The van der Waals surface area contributed by atoms with E-state index in [2.05, 4.69) is 10.00 Å². The van der Waals surface area contributed by atoms with E-state index >= 15 is 0 Å². The molecule has 21 heavy (non-hydrogen) atoms. The summed E-state index contributed by atoms with van der Waals surface area (Å²) < 4.78 is 1.98. The summed E-state index contributed by atoms with van der Waals surface area (Å²) in [4.78, 5) is 8.47. The fraction of sp³-hybridized carbons (Fsp3) is 0.600. The van der Waals surface area contributed by atoms with Gasteiger partial charge in [0.1, 0.15) is 0 Å². The molecule has 2 aliphatic rings. The van der Waals surface area contributed by atoms with E-state index in [1.54, 1.807) is 11.3 Å². The molecule has 1 saturated heterocycles. The Balaban J connectivity index is 1.78. The van der Waals surface area contributed by atoms with Crippen LogP contribution in [-0.4, -0.2) is 39.1 Å². The molecule has 0 aromatic carbocycles. The second kappa shape index (κ2) is 5.10. The summed E-state index contributed by atoms with van der Waals surface area (Å²) in [5, 5.41) is 15.0. The summed E-state index contributed by atoms with van der Waals surface area (Å²) in [6.07, 6.45) is 7.47. The third-order valence-electron chi connectivity index (χ3n) is 4.61. The Kier molecular flexibility index (Phi) is 3.23. The highest BCUT2D eigenvalue weighted by Crippen LogP contribution is 2.41. The molecule has 2 aromatic heterocycles. The fourth-order valence-electron chi connectivity index (χ4n) is 3.50. The second-order valence-electron chi connectivity index (χ2n) is 5.94. The average Bonchev–Trinajstić information content (AvgIpc) is 3.16. The molecular weight excluding hydrogens is 284 g/mol. The van der Waals surface area contributed by atoms with Gasteiger partial charge >= 0.3 is 0 Å². The highest BCUT2D eigenvalue weighted by molar-refractivity contribution is 7.19. The van der Waals surface area contributed by atoms with Gasteiger partial charge in [-0.1, -0.05) is 11.3 Å². The number of aliphatic hydroxyl groups is 1. The van der Waals surface area contributed by atoms with E-state index in [9.17, 15) is 5.11 Å². The highest BCUT2D eigenvalue weighted by Gasteiger charge is 2.29. The van der Waals surface area contributed by atoms with Gasteiger partial charge in [-0.3, -0.25) is 4.68 Å². The number of anilines is 1. The van der Waals surface area contributed by atoms with Gasteiger partial charge in [0.05, 0.1) is 35.1 Å². The lowest BCUT2D eigenvalue weighted by molar-refractivity contribution is 0.266. The average molecular weight is 304 g/mol. The normalized spacial score (nSPS) is 21.2. The van der Waals surface area contributed by atoms with E-state index in [0.717, 1.165) is 43.8 Å². The van der Waals surface area contributed by atoms with Crippen molar-refractivity contribution in [3.05, 3.63) is 17.5 Å². The Morgan fingerprint density at radius 2 is 2.29 bits per heavy atom. The number of aryl methyl sites for hydroxylation is 3. The van der Waals surface area contributed by atoms with Crippen LogP contribution in [0.15, 0.2) is 6.20 Å². The topological polar surface area (TPSA) is 54.2 Å². The van der Waals surface area contributed by atoms with Gasteiger partial charge < -0.3 is 10.0 Å². The van der Waals surface area contributed by atoms with Crippen molar-refractivity contribution in [3.63, 3.8) is 0 Å². The molecule has 5 nitrogen and oxygen atoms in total. The summed E-state index contributed by atoms with van der Waals surface area (Å²) in [6, 6.07) is 0.241. The van der Waals surface area contributed by atoms with Crippen molar-refractivity contribution < 1.29 is 5.11 Å². The Hall–Kier alpha value is -1.40. The zero-order valence-electron chi connectivity index (χ0n) is 12.2. The number of nitrogens with zero attached hydrogens (tertiary/aromatic N) is 4. The zero-order valence-corrected chi connectivity index (χ0v) is 13.1. The van der Waals surface area contributed by atoms with E-state index < -0.39 is 0 Å². The van der Waals surface area contributed by atoms with Crippen molar-refractivity contribution >= 4 is 16.5 Å². The van der Waals surface area contributed by atoms with Crippen LogP contribution in [0.4, 0.5) is 5.13 Å². The number of thiazole rings is 1. The first-order valence-electron chi connectivity index (χ1n) is 7.66. The maximum absolute atomic E-state index is 9.54. The van der Waals surface area contributed by atoms with E-state index in [0.29, 0.717) is 0 Å². The summed E-state index contributed by atoms with van der Waals surface area (Å²) in [7, 11) is 2.01. The predicted molar refractivity (Wildman–Crippen MR) is 83.8 cm³/mol. The van der Waals surface area contributed by atoms with Gasteiger partial charge in [0.15, 0.2) is 5.13 Å². The molecule has 1 fully saturated rings. The van der Waals surface area contributed by atoms with Crippen molar-refractivity contribution in [3.8, 4) is 10.6 Å². The molecule has 0 spiro atoms. The van der Waals surface area contributed by atoms with Gasteiger partial charge in [-0.05, 0) is 37.7 Å². The molecule has 0 radical (unpaired) electrons. The molecule has 3 heterocycles. The molecule has 0 amide bonds. The van der Waals surface area contributed by atoms with E-state index in [1.807, 2.05) is 17.9 Å². The van der Waals surface area contributed by atoms with Crippen LogP contribution in [0.5, 0.6) is 0 Å². The number of aliphatic hydroxyl groups excluding tert-OH is 1. The fourth-order valence-corrected chi connectivity index (χ4v) is 4.82. The molecule has 0 bridgehead atoms. The molecule has 1 N–H and O–H groups in total.